The molecule has 23 heavy (non-hydrogen) atoms. The van der Waals surface area contributed by atoms with Crippen molar-refractivity contribution in [2.75, 3.05) is 12.4 Å². The van der Waals surface area contributed by atoms with E-state index in [1.807, 2.05) is 55.5 Å². The molecule has 0 fully saturated rings. The predicted octanol–water partition coefficient (Wildman–Crippen LogP) is 3.69. The number of fused-ring (bicyclic) bond motifs is 1. The third-order valence-corrected chi connectivity index (χ3v) is 4.37. The van der Waals surface area contributed by atoms with Gasteiger partial charge in [-0.15, -0.1) is 0 Å². The molecule has 0 aliphatic rings. The Morgan fingerprint density at radius 3 is 2.65 bits per heavy atom. The number of nitrogens with zero attached hydrogens (tertiary/aromatic N) is 1. The summed E-state index contributed by atoms with van der Waals surface area (Å²) in [6.07, 6.45) is 0. The first-order valence-corrected chi connectivity index (χ1v) is 8.10. The molecule has 3 rings (SSSR count). The van der Waals surface area contributed by atoms with Gasteiger partial charge in [-0.2, -0.15) is 0 Å². The van der Waals surface area contributed by atoms with Crippen LogP contribution in [0, 0.1) is 0 Å². The standard InChI is InChI=1S/C17H17N3O2S/c1-11(16(21)18-12-7-9-13(22-2)10-8-12)23-17-19-14-5-3-4-6-15(14)20-17/h3-11H,1-2H3,(H,18,21)(H,19,20). The van der Waals surface area contributed by atoms with Crippen LogP contribution in [0.25, 0.3) is 11.0 Å². The monoisotopic (exact) mass is 327 g/mol. The van der Waals surface area contributed by atoms with Crippen molar-refractivity contribution in [3.8, 4) is 5.75 Å². The number of benzene rings is 2. The number of amides is 1. The number of para-hydroxylation sites is 2. The maximum atomic E-state index is 12.3. The number of ether oxygens (including phenoxy) is 1. The maximum Gasteiger partial charge on any atom is 0.237 e. The fourth-order valence-electron chi connectivity index (χ4n) is 2.12. The Labute approximate surface area is 138 Å². The Morgan fingerprint density at radius 1 is 1.22 bits per heavy atom. The van der Waals surface area contributed by atoms with E-state index in [1.165, 1.54) is 11.8 Å². The second kappa shape index (κ2) is 6.75. The van der Waals surface area contributed by atoms with Crippen LogP contribution in [0.4, 0.5) is 5.69 Å². The van der Waals surface area contributed by atoms with Crippen molar-refractivity contribution in [2.24, 2.45) is 0 Å². The maximum absolute atomic E-state index is 12.3. The molecule has 2 N–H and O–H groups in total. The highest BCUT2D eigenvalue weighted by molar-refractivity contribution is 8.00. The number of carbonyl (C=O) groups excluding carboxylic acids is 1. The molecular formula is C17H17N3O2S. The quantitative estimate of drug-likeness (QED) is 0.701. The molecule has 1 amide bonds. The number of nitrogens with one attached hydrogen (secondary N) is 2. The number of hydrogen-bond acceptors (Lipinski definition) is 4. The van der Waals surface area contributed by atoms with E-state index in [0.717, 1.165) is 27.6 Å². The van der Waals surface area contributed by atoms with Crippen molar-refractivity contribution in [2.45, 2.75) is 17.3 Å². The number of anilines is 1. The molecule has 118 valence electrons. The molecule has 0 spiro atoms. The summed E-state index contributed by atoms with van der Waals surface area (Å²) in [7, 11) is 1.61. The molecule has 6 heteroatoms. The fraction of sp³-hybridized carbons (Fsp3) is 0.176. The first kappa shape index (κ1) is 15.4. The molecule has 1 aromatic heterocycles. The summed E-state index contributed by atoms with van der Waals surface area (Å²) < 4.78 is 5.10. The number of H-pyrrole nitrogens is 1. The molecule has 0 saturated heterocycles. The van der Waals surface area contributed by atoms with Crippen molar-refractivity contribution in [1.82, 2.24) is 9.97 Å². The van der Waals surface area contributed by atoms with Gasteiger partial charge in [-0.3, -0.25) is 4.79 Å². The lowest BCUT2D eigenvalue weighted by molar-refractivity contribution is -0.115. The number of carbonyl (C=O) groups is 1. The molecular weight excluding hydrogens is 310 g/mol. The summed E-state index contributed by atoms with van der Waals surface area (Å²) in [5.41, 5.74) is 2.61. The van der Waals surface area contributed by atoms with Gasteiger partial charge >= 0.3 is 0 Å². The Balaban J connectivity index is 1.64. The Morgan fingerprint density at radius 2 is 1.96 bits per heavy atom. The van der Waals surface area contributed by atoms with E-state index in [2.05, 4.69) is 15.3 Å². The van der Waals surface area contributed by atoms with Gasteiger partial charge in [-0.25, -0.2) is 4.98 Å². The van der Waals surface area contributed by atoms with Crippen LogP contribution in [0.5, 0.6) is 5.75 Å². The van der Waals surface area contributed by atoms with E-state index >= 15 is 0 Å². The van der Waals surface area contributed by atoms with Crippen LogP contribution in [0.3, 0.4) is 0 Å². The number of aromatic nitrogens is 2. The SMILES string of the molecule is COc1ccc(NC(=O)C(C)Sc2nc3ccccc3[nH]2)cc1. The van der Waals surface area contributed by atoms with Gasteiger partial charge in [-0.05, 0) is 43.3 Å². The fourth-order valence-corrected chi connectivity index (χ4v) is 2.95. The summed E-state index contributed by atoms with van der Waals surface area (Å²) in [4.78, 5) is 20.0. The molecule has 0 bridgehead atoms. The third-order valence-electron chi connectivity index (χ3n) is 3.38. The van der Waals surface area contributed by atoms with Crippen LogP contribution in [0.15, 0.2) is 53.7 Å². The largest absolute Gasteiger partial charge is 0.497 e. The zero-order valence-corrected chi connectivity index (χ0v) is 13.7. The van der Waals surface area contributed by atoms with E-state index in [1.54, 1.807) is 7.11 Å². The molecule has 1 heterocycles. The Bertz CT molecular complexity index is 781. The minimum atomic E-state index is -0.266. The van der Waals surface area contributed by atoms with Gasteiger partial charge in [0.05, 0.1) is 23.4 Å². The summed E-state index contributed by atoms with van der Waals surface area (Å²) in [5.74, 6) is 0.688. The van der Waals surface area contributed by atoms with Crippen molar-refractivity contribution in [1.29, 1.82) is 0 Å². The van der Waals surface area contributed by atoms with E-state index in [4.69, 9.17) is 4.74 Å². The number of hydrogen-bond donors (Lipinski definition) is 2. The minimum Gasteiger partial charge on any atom is -0.497 e. The highest BCUT2D eigenvalue weighted by Gasteiger charge is 2.16. The first-order valence-electron chi connectivity index (χ1n) is 7.22. The van der Waals surface area contributed by atoms with Gasteiger partial charge in [-0.1, -0.05) is 23.9 Å². The number of thioether (sulfide) groups is 1. The molecule has 1 atom stereocenters. The van der Waals surface area contributed by atoms with Gasteiger partial charge in [0.25, 0.3) is 0 Å². The molecule has 1 unspecified atom stereocenters. The number of imidazole rings is 1. The summed E-state index contributed by atoms with van der Waals surface area (Å²) >= 11 is 1.40. The van der Waals surface area contributed by atoms with Crippen LogP contribution in [-0.4, -0.2) is 28.2 Å². The van der Waals surface area contributed by atoms with Gasteiger partial charge in [0.15, 0.2) is 5.16 Å². The van der Waals surface area contributed by atoms with Gasteiger partial charge < -0.3 is 15.0 Å². The Kier molecular flexibility index (Phi) is 4.52. The lowest BCUT2D eigenvalue weighted by Crippen LogP contribution is -2.22. The summed E-state index contributed by atoms with van der Waals surface area (Å²) in [6, 6.07) is 15.1. The van der Waals surface area contributed by atoms with Crippen molar-refractivity contribution < 1.29 is 9.53 Å². The van der Waals surface area contributed by atoms with E-state index in [-0.39, 0.29) is 11.2 Å². The lowest BCUT2D eigenvalue weighted by atomic mass is 10.3. The normalized spacial score (nSPS) is 12.1. The average Bonchev–Trinajstić information content (AvgIpc) is 2.97. The average molecular weight is 327 g/mol. The second-order valence-corrected chi connectivity index (χ2v) is 6.37. The van der Waals surface area contributed by atoms with Crippen LogP contribution in [0.2, 0.25) is 0 Å². The predicted molar refractivity (Wildman–Crippen MR) is 93.0 cm³/mol. The lowest BCUT2D eigenvalue weighted by Gasteiger charge is -2.11. The van der Waals surface area contributed by atoms with Crippen LogP contribution in [-0.2, 0) is 4.79 Å². The highest BCUT2D eigenvalue weighted by Crippen LogP contribution is 2.24. The van der Waals surface area contributed by atoms with Gasteiger partial charge in [0.1, 0.15) is 5.75 Å². The van der Waals surface area contributed by atoms with Crippen LogP contribution < -0.4 is 10.1 Å². The zero-order chi connectivity index (χ0) is 16.2. The van der Waals surface area contributed by atoms with Crippen LogP contribution >= 0.6 is 11.8 Å². The molecule has 0 aliphatic carbocycles. The summed E-state index contributed by atoms with van der Waals surface area (Å²) in [5, 5.41) is 3.36. The van der Waals surface area contributed by atoms with Crippen molar-refractivity contribution >= 4 is 34.4 Å². The molecule has 0 radical (unpaired) electrons. The topological polar surface area (TPSA) is 67.0 Å². The Hall–Kier alpha value is -2.47. The van der Waals surface area contributed by atoms with Crippen molar-refractivity contribution in [3.63, 3.8) is 0 Å². The molecule has 3 aromatic rings. The molecule has 2 aromatic carbocycles. The molecule has 0 aliphatic heterocycles. The zero-order valence-electron chi connectivity index (χ0n) is 12.9. The number of methoxy groups -OCH3 is 1. The van der Waals surface area contributed by atoms with Gasteiger partial charge in [0, 0.05) is 5.69 Å². The smallest absolute Gasteiger partial charge is 0.237 e. The van der Waals surface area contributed by atoms with E-state index in [0.29, 0.717) is 0 Å². The van der Waals surface area contributed by atoms with E-state index < -0.39 is 0 Å². The minimum absolute atomic E-state index is 0.0689. The van der Waals surface area contributed by atoms with Gasteiger partial charge in [0.2, 0.25) is 5.91 Å². The number of rotatable bonds is 5. The second-order valence-electron chi connectivity index (χ2n) is 5.04. The molecule has 5 nitrogen and oxygen atoms in total. The number of aromatic amines is 1. The molecule has 0 saturated carbocycles. The van der Waals surface area contributed by atoms with Crippen LogP contribution in [0.1, 0.15) is 6.92 Å². The first-order chi connectivity index (χ1) is 11.2. The highest BCUT2D eigenvalue weighted by atomic mass is 32.2. The summed E-state index contributed by atoms with van der Waals surface area (Å²) in [6.45, 7) is 1.86. The van der Waals surface area contributed by atoms with E-state index in [9.17, 15) is 4.79 Å². The third kappa shape index (κ3) is 3.65. The van der Waals surface area contributed by atoms with Crippen molar-refractivity contribution in [3.05, 3.63) is 48.5 Å².